The molecule has 4 N–H and O–H groups in total. The van der Waals surface area contributed by atoms with Gasteiger partial charge in [-0.25, -0.2) is 4.79 Å². The zero-order valence-electron chi connectivity index (χ0n) is 17.0. The van der Waals surface area contributed by atoms with Crippen LogP contribution in [-0.2, 0) is 20.1 Å². The molecule has 3 aromatic rings. The molecule has 32 heavy (non-hydrogen) atoms. The van der Waals surface area contributed by atoms with E-state index in [-0.39, 0.29) is 41.6 Å². The van der Waals surface area contributed by atoms with E-state index in [0.29, 0.717) is 15.3 Å². The third-order valence-electron chi connectivity index (χ3n) is 5.05. The molecule has 0 aliphatic heterocycles. The van der Waals surface area contributed by atoms with Gasteiger partial charge in [-0.3, -0.25) is 29.5 Å². The summed E-state index contributed by atoms with van der Waals surface area (Å²) < 4.78 is 2.39. The molecular formula is C22H19N5O4S. The van der Waals surface area contributed by atoms with Crippen LogP contribution in [0.4, 0.5) is 0 Å². The molecule has 162 valence electrons. The van der Waals surface area contributed by atoms with Crippen LogP contribution in [0.1, 0.15) is 15.2 Å². The first-order valence-corrected chi connectivity index (χ1v) is 10.4. The van der Waals surface area contributed by atoms with Crippen LogP contribution in [0.25, 0.3) is 10.2 Å². The molecule has 0 spiro atoms. The van der Waals surface area contributed by atoms with E-state index in [0.717, 1.165) is 21.5 Å². The van der Waals surface area contributed by atoms with E-state index in [9.17, 15) is 19.5 Å². The lowest BCUT2D eigenvalue weighted by molar-refractivity contribution is 0.0955. The molecule has 1 amide bonds. The second kappa shape index (κ2) is 8.23. The molecule has 1 aliphatic carbocycles. The van der Waals surface area contributed by atoms with Gasteiger partial charge in [0.25, 0.3) is 11.5 Å². The number of aromatic hydroxyl groups is 1. The number of nitrogens with zero attached hydrogens (tertiary/aromatic N) is 2. The van der Waals surface area contributed by atoms with Crippen molar-refractivity contribution in [2.45, 2.75) is 13.1 Å². The highest BCUT2D eigenvalue weighted by Crippen LogP contribution is 2.22. The normalized spacial score (nSPS) is 13.5. The number of benzene rings is 1. The average molecular weight is 449 g/mol. The molecule has 1 aromatic carbocycles. The lowest BCUT2D eigenvalue weighted by Crippen LogP contribution is -2.39. The van der Waals surface area contributed by atoms with Gasteiger partial charge in [-0.2, -0.15) is 0 Å². The molecule has 1 aliphatic rings. The number of rotatable bonds is 5. The summed E-state index contributed by atoms with van der Waals surface area (Å²) in [6.07, 6.45) is 4.51. The molecule has 0 radical (unpaired) electrons. The summed E-state index contributed by atoms with van der Waals surface area (Å²) in [6, 6.07) is 7.92. The van der Waals surface area contributed by atoms with E-state index < -0.39 is 11.2 Å². The maximum absolute atomic E-state index is 13.0. The lowest BCUT2D eigenvalue weighted by Gasteiger charge is -2.11. The van der Waals surface area contributed by atoms with E-state index in [2.05, 4.69) is 5.32 Å². The summed E-state index contributed by atoms with van der Waals surface area (Å²) in [4.78, 5) is 39.1. The summed E-state index contributed by atoms with van der Waals surface area (Å²) in [5.74, 6) is -0.237. The number of allylic oxidation sites excluding steroid dienone is 4. The molecular weight excluding hydrogens is 430 g/mol. The second-order valence-corrected chi connectivity index (χ2v) is 8.32. The summed E-state index contributed by atoms with van der Waals surface area (Å²) >= 11 is 1.06. The molecule has 0 saturated carbocycles. The van der Waals surface area contributed by atoms with Crippen LogP contribution in [0.3, 0.4) is 0 Å². The number of aryl methyl sites for hydroxylation is 1. The van der Waals surface area contributed by atoms with Crippen molar-refractivity contribution >= 4 is 38.9 Å². The molecule has 10 heteroatoms. The van der Waals surface area contributed by atoms with E-state index in [1.54, 1.807) is 18.2 Å². The average Bonchev–Trinajstić information content (AvgIpc) is 3.23. The first-order chi connectivity index (χ1) is 15.2. The Morgan fingerprint density at radius 1 is 1.12 bits per heavy atom. The van der Waals surface area contributed by atoms with Crippen LogP contribution in [0.2, 0.25) is 0 Å². The number of nitrogens with one attached hydrogen (secondary N) is 3. The van der Waals surface area contributed by atoms with Crippen molar-refractivity contribution in [3.8, 4) is 5.75 Å². The Balaban J connectivity index is 1.64. The highest BCUT2D eigenvalue weighted by Gasteiger charge is 2.19. The minimum Gasteiger partial charge on any atom is -0.508 e. The van der Waals surface area contributed by atoms with Gasteiger partial charge in [0.2, 0.25) is 0 Å². The Morgan fingerprint density at radius 2 is 1.84 bits per heavy atom. The highest BCUT2D eigenvalue weighted by atomic mass is 32.1. The second-order valence-electron chi connectivity index (χ2n) is 7.29. The van der Waals surface area contributed by atoms with Crippen molar-refractivity contribution in [1.82, 2.24) is 14.5 Å². The van der Waals surface area contributed by atoms with Gasteiger partial charge in [0.05, 0.1) is 28.2 Å². The topological polar surface area (TPSA) is 141 Å². The number of amides is 1. The lowest BCUT2D eigenvalue weighted by atomic mass is 10.0. The van der Waals surface area contributed by atoms with E-state index in [1.807, 2.05) is 0 Å². The predicted octanol–water partition coefficient (Wildman–Crippen LogP) is 1.93. The molecule has 0 saturated heterocycles. The Hall–Kier alpha value is -4.05. The summed E-state index contributed by atoms with van der Waals surface area (Å²) in [6.45, 7) is 0.212. The Labute approximate surface area is 185 Å². The molecule has 0 atom stereocenters. The molecule has 0 fully saturated rings. The molecule has 9 nitrogen and oxygen atoms in total. The maximum atomic E-state index is 13.0. The molecule has 0 unspecified atom stereocenters. The third-order valence-corrected chi connectivity index (χ3v) is 6.26. The van der Waals surface area contributed by atoms with Crippen LogP contribution >= 0.6 is 11.3 Å². The number of hydrogen-bond acceptors (Lipinski definition) is 7. The Morgan fingerprint density at radius 3 is 2.53 bits per heavy atom. The van der Waals surface area contributed by atoms with Gasteiger partial charge >= 0.3 is 5.69 Å². The quantitative estimate of drug-likeness (QED) is 0.442. The Kier molecular flexibility index (Phi) is 5.45. The van der Waals surface area contributed by atoms with Crippen molar-refractivity contribution in [3.63, 3.8) is 0 Å². The Bertz CT molecular complexity index is 1450. The molecule has 0 bridgehead atoms. The van der Waals surface area contributed by atoms with Crippen molar-refractivity contribution in [1.29, 1.82) is 10.8 Å². The number of aromatic nitrogens is 2. The van der Waals surface area contributed by atoms with Gasteiger partial charge in [-0.1, -0.05) is 18.2 Å². The van der Waals surface area contributed by atoms with Crippen LogP contribution in [0, 0.1) is 10.8 Å². The van der Waals surface area contributed by atoms with Crippen molar-refractivity contribution in [2.75, 3.05) is 0 Å². The number of phenols is 1. The van der Waals surface area contributed by atoms with Gasteiger partial charge in [-0.15, -0.1) is 11.3 Å². The van der Waals surface area contributed by atoms with Gasteiger partial charge in [-0.05, 0) is 41.5 Å². The fourth-order valence-corrected chi connectivity index (χ4v) is 4.31. The van der Waals surface area contributed by atoms with Gasteiger partial charge in [0, 0.05) is 13.6 Å². The van der Waals surface area contributed by atoms with Crippen LogP contribution in [0.15, 0.2) is 63.7 Å². The molecule has 4 rings (SSSR count). The molecule has 2 aromatic heterocycles. The smallest absolute Gasteiger partial charge is 0.332 e. The monoisotopic (exact) mass is 449 g/mol. The van der Waals surface area contributed by atoms with E-state index in [4.69, 9.17) is 10.8 Å². The maximum Gasteiger partial charge on any atom is 0.332 e. The minimum absolute atomic E-state index is 0.0107. The zero-order valence-corrected chi connectivity index (χ0v) is 17.8. The molecule has 2 heterocycles. The minimum atomic E-state index is -0.526. The largest absolute Gasteiger partial charge is 0.508 e. The SMILES string of the molecule is Cn1c(=O)n(CC2=CC(=N)C(=N)C=C2)c(=O)c2cc(C(=O)NCc3ccc(O)cc3)sc21. The van der Waals surface area contributed by atoms with Crippen LogP contribution in [-0.4, -0.2) is 31.6 Å². The third kappa shape index (κ3) is 3.95. The zero-order chi connectivity index (χ0) is 23.0. The van der Waals surface area contributed by atoms with Gasteiger partial charge in [0.1, 0.15) is 10.6 Å². The summed E-state index contributed by atoms with van der Waals surface area (Å²) in [5, 5.41) is 27.7. The van der Waals surface area contributed by atoms with Crippen molar-refractivity contribution in [2.24, 2.45) is 7.05 Å². The predicted molar refractivity (Wildman–Crippen MR) is 123 cm³/mol. The fourth-order valence-electron chi connectivity index (χ4n) is 3.29. The number of carbonyl (C=O) groups excluding carboxylic acids is 1. The van der Waals surface area contributed by atoms with Crippen LogP contribution < -0.4 is 16.6 Å². The summed E-state index contributed by atoms with van der Waals surface area (Å²) in [5.41, 5.74) is 0.397. The number of fused-ring (bicyclic) bond motifs is 1. The van der Waals surface area contributed by atoms with Crippen molar-refractivity contribution < 1.29 is 9.90 Å². The standard InChI is InChI=1S/C22H19N5O4S/c1-26-21-15(9-18(32-21)19(29)25-10-12-2-5-14(28)6-3-12)20(30)27(22(26)31)11-13-4-7-16(23)17(24)8-13/h2-9,23-24,28H,10-11H2,1H3,(H,25,29). The van der Waals surface area contributed by atoms with Gasteiger partial charge < -0.3 is 10.4 Å². The number of carbonyl (C=O) groups is 1. The number of phenolic OH excluding ortho intramolecular Hbond substituents is 1. The van der Waals surface area contributed by atoms with Gasteiger partial charge in [0.15, 0.2) is 0 Å². The first kappa shape index (κ1) is 21.2. The van der Waals surface area contributed by atoms with Crippen LogP contribution in [0.5, 0.6) is 5.75 Å². The number of thiophene rings is 1. The number of hydrogen-bond donors (Lipinski definition) is 4. The van der Waals surface area contributed by atoms with E-state index in [1.165, 1.54) is 42.0 Å². The first-order valence-electron chi connectivity index (χ1n) is 9.60. The fraction of sp³-hybridized carbons (Fsp3) is 0.136. The van der Waals surface area contributed by atoms with E-state index >= 15 is 0 Å². The highest BCUT2D eigenvalue weighted by molar-refractivity contribution is 7.20. The van der Waals surface area contributed by atoms with Crippen molar-refractivity contribution in [3.05, 3.63) is 85.4 Å². The summed E-state index contributed by atoms with van der Waals surface area (Å²) in [7, 11) is 1.54.